The molecule has 3 aromatic rings. The van der Waals surface area contributed by atoms with Gasteiger partial charge in [-0.1, -0.05) is 12.1 Å². The zero-order chi connectivity index (χ0) is 20.3. The molecule has 0 saturated carbocycles. The molecular formula is C20H18O7S. The number of carboxylic acid groups (broad SMARTS) is 1. The molecule has 0 bridgehead atoms. The fourth-order valence-electron chi connectivity index (χ4n) is 2.69. The third-order valence-corrected chi connectivity index (χ3v) is 5.87. The van der Waals surface area contributed by atoms with Gasteiger partial charge in [-0.15, -0.1) is 0 Å². The molecule has 3 rings (SSSR count). The van der Waals surface area contributed by atoms with E-state index in [9.17, 15) is 18.3 Å². The largest absolute Gasteiger partial charge is 0.507 e. The normalized spacial score (nSPS) is 11.3. The fraction of sp³-hybridized carbons (Fsp3) is 0.150. The molecule has 28 heavy (non-hydrogen) atoms. The molecule has 0 aliphatic heterocycles. The van der Waals surface area contributed by atoms with E-state index in [1.54, 1.807) is 31.4 Å². The molecule has 3 aromatic carbocycles. The highest BCUT2D eigenvalue weighted by Gasteiger charge is 2.16. The van der Waals surface area contributed by atoms with Crippen molar-refractivity contribution in [2.24, 2.45) is 0 Å². The van der Waals surface area contributed by atoms with E-state index >= 15 is 0 Å². The van der Waals surface area contributed by atoms with Gasteiger partial charge < -0.3 is 19.7 Å². The zero-order valence-electron chi connectivity index (χ0n) is 15.0. The van der Waals surface area contributed by atoms with E-state index in [1.807, 2.05) is 6.07 Å². The summed E-state index contributed by atoms with van der Waals surface area (Å²) in [5.41, 5.74) is -0.315. The van der Waals surface area contributed by atoms with E-state index in [2.05, 4.69) is 0 Å². The van der Waals surface area contributed by atoms with Gasteiger partial charge in [0.15, 0.2) is 9.84 Å². The Balaban J connectivity index is 1.73. The lowest BCUT2D eigenvalue weighted by atomic mass is 10.1. The molecule has 7 nitrogen and oxygen atoms in total. The highest BCUT2D eigenvalue weighted by Crippen LogP contribution is 2.25. The van der Waals surface area contributed by atoms with Crippen LogP contribution in [0.1, 0.15) is 10.4 Å². The third kappa shape index (κ3) is 4.17. The number of benzene rings is 3. The Morgan fingerprint density at radius 2 is 1.64 bits per heavy atom. The van der Waals surface area contributed by atoms with Gasteiger partial charge in [-0.05, 0) is 53.2 Å². The minimum Gasteiger partial charge on any atom is -0.507 e. The van der Waals surface area contributed by atoms with Crippen LogP contribution in [-0.2, 0) is 9.84 Å². The maximum absolute atomic E-state index is 12.6. The standard InChI is InChI=1S/C20H18O7S/c1-26-15-4-2-14-11-17(6-3-13(14)10-15)28(24,25)9-8-27-16-5-7-19(21)18(12-16)20(22)23/h2-7,10-12,21H,8-9H2,1H3,(H,22,23). The van der Waals surface area contributed by atoms with Gasteiger partial charge in [0, 0.05) is 0 Å². The van der Waals surface area contributed by atoms with Gasteiger partial charge in [0.05, 0.1) is 17.8 Å². The van der Waals surface area contributed by atoms with E-state index in [1.165, 1.54) is 18.2 Å². The molecule has 2 N–H and O–H groups in total. The summed E-state index contributed by atoms with van der Waals surface area (Å²) in [6, 6.07) is 13.9. The van der Waals surface area contributed by atoms with Crippen LogP contribution >= 0.6 is 0 Å². The predicted octanol–water partition coefficient (Wildman–Crippen LogP) is 3.10. The van der Waals surface area contributed by atoms with Crippen molar-refractivity contribution in [3.05, 3.63) is 60.2 Å². The summed E-state index contributed by atoms with van der Waals surface area (Å²) in [6.45, 7) is -0.160. The molecule has 0 radical (unpaired) electrons. The van der Waals surface area contributed by atoms with Crippen molar-refractivity contribution in [2.45, 2.75) is 4.90 Å². The topological polar surface area (TPSA) is 110 Å². The van der Waals surface area contributed by atoms with Gasteiger partial charge in [0.1, 0.15) is 29.4 Å². The number of ether oxygens (including phenoxy) is 2. The molecule has 0 heterocycles. The molecule has 0 aliphatic carbocycles. The van der Waals surface area contributed by atoms with Gasteiger partial charge in [0.2, 0.25) is 0 Å². The van der Waals surface area contributed by atoms with Gasteiger partial charge >= 0.3 is 5.97 Å². The van der Waals surface area contributed by atoms with E-state index < -0.39 is 15.8 Å². The summed E-state index contributed by atoms with van der Waals surface area (Å²) in [6.07, 6.45) is 0. The van der Waals surface area contributed by atoms with Crippen LogP contribution in [0.2, 0.25) is 0 Å². The van der Waals surface area contributed by atoms with Gasteiger partial charge in [-0.2, -0.15) is 0 Å². The lowest BCUT2D eigenvalue weighted by Gasteiger charge is -2.10. The average molecular weight is 402 g/mol. The lowest BCUT2D eigenvalue weighted by Crippen LogP contribution is -2.14. The number of carbonyl (C=O) groups is 1. The van der Waals surface area contributed by atoms with Crippen molar-refractivity contribution in [3.63, 3.8) is 0 Å². The van der Waals surface area contributed by atoms with Crippen molar-refractivity contribution >= 4 is 26.6 Å². The Morgan fingerprint density at radius 1 is 0.964 bits per heavy atom. The van der Waals surface area contributed by atoms with E-state index in [0.717, 1.165) is 16.8 Å². The summed E-state index contributed by atoms with van der Waals surface area (Å²) < 4.78 is 35.7. The molecule has 0 spiro atoms. The smallest absolute Gasteiger partial charge is 0.339 e. The van der Waals surface area contributed by atoms with E-state index in [-0.39, 0.29) is 34.3 Å². The number of phenols is 1. The monoisotopic (exact) mass is 402 g/mol. The second-order valence-electron chi connectivity index (χ2n) is 6.03. The quantitative estimate of drug-likeness (QED) is 0.625. The fourth-order valence-corrected chi connectivity index (χ4v) is 3.81. The highest BCUT2D eigenvalue weighted by atomic mass is 32.2. The number of carboxylic acids is 1. The number of sulfone groups is 1. The number of hydrogen-bond acceptors (Lipinski definition) is 6. The third-order valence-electron chi connectivity index (χ3n) is 4.20. The van der Waals surface area contributed by atoms with Crippen molar-refractivity contribution in [1.82, 2.24) is 0 Å². The Kier molecular flexibility index (Phi) is 5.41. The molecule has 146 valence electrons. The van der Waals surface area contributed by atoms with Crippen LogP contribution in [0.3, 0.4) is 0 Å². The minimum atomic E-state index is -3.59. The molecule has 0 saturated heterocycles. The van der Waals surface area contributed by atoms with E-state index in [0.29, 0.717) is 5.75 Å². The molecule has 0 fully saturated rings. The summed E-state index contributed by atoms with van der Waals surface area (Å²) in [7, 11) is -2.03. The Labute approximate surface area is 161 Å². The maximum atomic E-state index is 12.6. The second kappa shape index (κ2) is 7.77. The van der Waals surface area contributed by atoms with Crippen LogP contribution in [0.5, 0.6) is 17.2 Å². The first-order valence-corrected chi connectivity index (χ1v) is 9.95. The molecule has 0 aliphatic rings. The Hall–Kier alpha value is -3.26. The minimum absolute atomic E-state index is 0.160. The predicted molar refractivity (Wildman–Crippen MR) is 103 cm³/mol. The second-order valence-corrected chi connectivity index (χ2v) is 8.14. The van der Waals surface area contributed by atoms with Crippen molar-refractivity contribution in [1.29, 1.82) is 0 Å². The van der Waals surface area contributed by atoms with Crippen molar-refractivity contribution < 1.29 is 32.9 Å². The summed E-state index contributed by atoms with van der Waals surface area (Å²) >= 11 is 0. The van der Waals surface area contributed by atoms with Gasteiger partial charge in [-0.3, -0.25) is 0 Å². The van der Waals surface area contributed by atoms with E-state index in [4.69, 9.17) is 14.6 Å². The molecule has 0 atom stereocenters. The van der Waals surface area contributed by atoms with Crippen LogP contribution in [0.15, 0.2) is 59.5 Å². The molecule has 0 aromatic heterocycles. The molecular weight excluding hydrogens is 384 g/mol. The van der Waals surface area contributed by atoms with Crippen LogP contribution in [0.4, 0.5) is 0 Å². The number of aromatic carboxylic acids is 1. The van der Waals surface area contributed by atoms with Gasteiger partial charge in [-0.25, -0.2) is 13.2 Å². The molecule has 0 unspecified atom stereocenters. The summed E-state index contributed by atoms with van der Waals surface area (Å²) in [4.78, 5) is 11.2. The number of rotatable bonds is 7. The van der Waals surface area contributed by atoms with Crippen LogP contribution in [-0.4, -0.2) is 44.1 Å². The van der Waals surface area contributed by atoms with Crippen LogP contribution in [0.25, 0.3) is 10.8 Å². The number of aromatic hydroxyl groups is 1. The van der Waals surface area contributed by atoms with Crippen molar-refractivity contribution in [2.75, 3.05) is 19.5 Å². The maximum Gasteiger partial charge on any atom is 0.339 e. The number of fused-ring (bicyclic) bond motifs is 1. The number of hydrogen-bond donors (Lipinski definition) is 2. The first-order chi connectivity index (χ1) is 13.3. The average Bonchev–Trinajstić information content (AvgIpc) is 2.68. The zero-order valence-corrected chi connectivity index (χ0v) is 15.8. The number of methoxy groups -OCH3 is 1. The Bertz CT molecular complexity index is 1140. The lowest BCUT2D eigenvalue weighted by molar-refractivity contribution is 0.0693. The molecule has 8 heteroatoms. The van der Waals surface area contributed by atoms with Gasteiger partial charge in [0.25, 0.3) is 0 Å². The SMILES string of the molecule is COc1ccc2cc(S(=O)(=O)CCOc3ccc(O)c(C(=O)O)c3)ccc2c1. The van der Waals surface area contributed by atoms with Crippen LogP contribution in [0, 0.1) is 0 Å². The Morgan fingerprint density at radius 3 is 2.36 bits per heavy atom. The molecule has 0 amide bonds. The summed E-state index contributed by atoms with van der Waals surface area (Å²) in [5.74, 6) is -1.12. The van der Waals surface area contributed by atoms with Crippen molar-refractivity contribution in [3.8, 4) is 17.2 Å². The highest BCUT2D eigenvalue weighted by molar-refractivity contribution is 7.91. The first-order valence-electron chi connectivity index (χ1n) is 8.30. The van der Waals surface area contributed by atoms with Crippen LogP contribution < -0.4 is 9.47 Å². The summed E-state index contributed by atoms with van der Waals surface area (Å²) in [5, 5.41) is 20.1. The first kappa shape index (κ1) is 19.5.